The van der Waals surface area contributed by atoms with Gasteiger partial charge in [0, 0.05) is 29.7 Å². The van der Waals surface area contributed by atoms with Crippen LogP contribution in [0.4, 0.5) is 0 Å². The molecule has 20 heavy (non-hydrogen) atoms. The highest BCUT2D eigenvalue weighted by atomic mass is 35.5. The van der Waals surface area contributed by atoms with E-state index in [9.17, 15) is 0 Å². The van der Waals surface area contributed by atoms with Crippen LogP contribution in [0.2, 0.25) is 5.02 Å². The van der Waals surface area contributed by atoms with Gasteiger partial charge in [-0.05, 0) is 23.3 Å². The maximum absolute atomic E-state index is 5.94. The molecule has 0 spiro atoms. The van der Waals surface area contributed by atoms with Gasteiger partial charge in [0.05, 0.1) is 5.69 Å². The molecule has 3 aromatic rings. The summed E-state index contributed by atoms with van der Waals surface area (Å²) in [6, 6.07) is 16.4. The average Bonchev–Trinajstić information content (AvgIpc) is 2.88. The van der Waals surface area contributed by atoms with E-state index in [0.717, 1.165) is 35.1 Å². The Hall–Kier alpha value is -2.06. The summed E-state index contributed by atoms with van der Waals surface area (Å²) in [4.78, 5) is 4.77. The number of imidazole rings is 1. The van der Waals surface area contributed by atoms with E-state index < -0.39 is 0 Å². The summed E-state index contributed by atoms with van der Waals surface area (Å²) in [5, 5.41) is 0.755. The molecular weight excluding hydrogens is 268 g/mol. The maximum Gasteiger partial charge on any atom is 0.114 e. The highest BCUT2D eigenvalue weighted by Crippen LogP contribution is 2.26. The Balaban J connectivity index is 1.74. The zero-order chi connectivity index (χ0) is 13.5. The molecule has 98 valence electrons. The molecule has 0 amide bonds. The second-order valence-electron chi connectivity index (χ2n) is 5.12. The molecule has 2 heterocycles. The highest BCUT2D eigenvalue weighted by Gasteiger charge is 2.17. The average molecular weight is 281 g/mol. The summed E-state index contributed by atoms with van der Waals surface area (Å²) in [6.07, 6.45) is 3.04. The third-order valence-corrected chi connectivity index (χ3v) is 4.06. The Labute approximate surface area is 122 Å². The summed E-state index contributed by atoms with van der Waals surface area (Å²) in [7, 11) is 0. The van der Waals surface area contributed by atoms with Gasteiger partial charge in [0.2, 0.25) is 0 Å². The number of aromatic nitrogens is 2. The highest BCUT2D eigenvalue weighted by molar-refractivity contribution is 6.30. The summed E-state index contributed by atoms with van der Waals surface area (Å²) < 4.78 is 2.24. The van der Waals surface area contributed by atoms with E-state index in [4.69, 9.17) is 16.6 Å². The topological polar surface area (TPSA) is 17.8 Å². The molecule has 1 aliphatic heterocycles. The zero-order valence-electron chi connectivity index (χ0n) is 10.9. The molecule has 0 unspecified atom stereocenters. The molecule has 4 rings (SSSR count). The van der Waals surface area contributed by atoms with Crippen molar-refractivity contribution in [1.29, 1.82) is 0 Å². The van der Waals surface area contributed by atoms with E-state index in [2.05, 4.69) is 35.0 Å². The summed E-state index contributed by atoms with van der Waals surface area (Å²) in [6.45, 7) is 0.909. The van der Waals surface area contributed by atoms with E-state index in [1.54, 1.807) is 0 Å². The second-order valence-corrected chi connectivity index (χ2v) is 5.56. The monoisotopic (exact) mass is 280 g/mol. The predicted molar refractivity (Wildman–Crippen MR) is 81.0 cm³/mol. The van der Waals surface area contributed by atoms with Gasteiger partial charge in [0.15, 0.2) is 0 Å². The Kier molecular flexibility index (Phi) is 2.64. The Morgan fingerprint density at radius 1 is 0.950 bits per heavy atom. The SMILES string of the molecule is Clc1ccc(-c2cn3c(n2)Cc2ccccc2C3)cc1. The quantitative estimate of drug-likeness (QED) is 0.512. The van der Waals surface area contributed by atoms with Crippen molar-refractivity contribution in [3.8, 4) is 11.3 Å². The van der Waals surface area contributed by atoms with Crippen molar-refractivity contribution in [2.75, 3.05) is 0 Å². The van der Waals surface area contributed by atoms with E-state index in [1.807, 2.05) is 24.3 Å². The van der Waals surface area contributed by atoms with Gasteiger partial charge >= 0.3 is 0 Å². The van der Waals surface area contributed by atoms with Crippen molar-refractivity contribution in [1.82, 2.24) is 9.55 Å². The molecule has 0 saturated carbocycles. The number of hydrogen-bond acceptors (Lipinski definition) is 1. The molecule has 0 N–H and O–H groups in total. The van der Waals surface area contributed by atoms with Gasteiger partial charge in [-0.15, -0.1) is 0 Å². The number of nitrogens with zero attached hydrogens (tertiary/aromatic N) is 2. The summed E-state index contributed by atoms with van der Waals surface area (Å²) in [5.74, 6) is 1.13. The molecule has 0 saturated heterocycles. The maximum atomic E-state index is 5.94. The van der Waals surface area contributed by atoms with Crippen molar-refractivity contribution in [3.05, 3.63) is 76.7 Å². The fourth-order valence-corrected chi connectivity index (χ4v) is 2.86. The van der Waals surface area contributed by atoms with Crippen LogP contribution in [0.5, 0.6) is 0 Å². The Morgan fingerprint density at radius 3 is 2.50 bits per heavy atom. The van der Waals surface area contributed by atoms with Gasteiger partial charge < -0.3 is 4.57 Å². The van der Waals surface area contributed by atoms with Crippen LogP contribution in [0.25, 0.3) is 11.3 Å². The lowest BCUT2D eigenvalue weighted by molar-refractivity contribution is 0.701. The first-order chi connectivity index (χ1) is 9.79. The van der Waals surface area contributed by atoms with Crippen molar-refractivity contribution >= 4 is 11.6 Å². The Morgan fingerprint density at radius 2 is 1.70 bits per heavy atom. The second kappa shape index (κ2) is 4.50. The first-order valence-electron chi connectivity index (χ1n) is 6.68. The van der Waals surface area contributed by atoms with Crippen LogP contribution >= 0.6 is 11.6 Å². The van der Waals surface area contributed by atoms with Gasteiger partial charge in [0.1, 0.15) is 5.82 Å². The molecule has 2 aromatic carbocycles. The van der Waals surface area contributed by atoms with E-state index in [1.165, 1.54) is 11.1 Å². The van der Waals surface area contributed by atoms with E-state index >= 15 is 0 Å². The molecule has 0 bridgehead atoms. The fourth-order valence-electron chi connectivity index (χ4n) is 2.73. The van der Waals surface area contributed by atoms with Crippen molar-refractivity contribution in [3.63, 3.8) is 0 Å². The molecule has 3 heteroatoms. The van der Waals surface area contributed by atoms with Crippen LogP contribution in [0, 0.1) is 0 Å². The zero-order valence-corrected chi connectivity index (χ0v) is 11.6. The molecule has 0 radical (unpaired) electrons. The largest absolute Gasteiger partial charge is 0.330 e. The minimum Gasteiger partial charge on any atom is -0.330 e. The summed E-state index contributed by atoms with van der Waals surface area (Å²) >= 11 is 5.94. The number of hydrogen-bond donors (Lipinski definition) is 0. The van der Waals surface area contributed by atoms with Crippen LogP contribution in [0.3, 0.4) is 0 Å². The van der Waals surface area contributed by atoms with Gasteiger partial charge in [-0.25, -0.2) is 4.98 Å². The first kappa shape index (κ1) is 11.7. The van der Waals surface area contributed by atoms with Crippen molar-refractivity contribution in [2.45, 2.75) is 13.0 Å². The number of benzene rings is 2. The summed E-state index contributed by atoms with van der Waals surface area (Å²) in [5.41, 5.74) is 4.90. The standard InChI is InChI=1S/C17H13ClN2/c18-15-7-5-12(6-8-15)16-11-20-10-14-4-2-1-3-13(14)9-17(20)19-16/h1-8,11H,9-10H2. The minimum atomic E-state index is 0.755. The minimum absolute atomic E-state index is 0.755. The number of rotatable bonds is 1. The van der Waals surface area contributed by atoms with Crippen LogP contribution < -0.4 is 0 Å². The lowest BCUT2D eigenvalue weighted by Gasteiger charge is -2.17. The third kappa shape index (κ3) is 1.93. The van der Waals surface area contributed by atoms with Gasteiger partial charge in [-0.1, -0.05) is 48.0 Å². The van der Waals surface area contributed by atoms with Crippen molar-refractivity contribution < 1.29 is 0 Å². The lowest BCUT2D eigenvalue weighted by atomic mass is 10.0. The van der Waals surface area contributed by atoms with Crippen molar-refractivity contribution in [2.24, 2.45) is 0 Å². The van der Waals surface area contributed by atoms with Crippen LogP contribution in [-0.4, -0.2) is 9.55 Å². The van der Waals surface area contributed by atoms with E-state index in [0.29, 0.717) is 0 Å². The smallest absolute Gasteiger partial charge is 0.114 e. The predicted octanol–water partition coefficient (Wildman–Crippen LogP) is 4.16. The Bertz CT molecular complexity index is 729. The van der Waals surface area contributed by atoms with Gasteiger partial charge in [-0.2, -0.15) is 0 Å². The normalized spacial score (nSPS) is 12.8. The van der Waals surface area contributed by atoms with Gasteiger partial charge in [0.25, 0.3) is 0 Å². The molecule has 0 fully saturated rings. The molecule has 1 aromatic heterocycles. The first-order valence-corrected chi connectivity index (χ1v) is 7.06. The molecular formula is C17H13ClN2. The van der Waals surface area contributed by atoms with Crippen LogP contribution in [0.1, 0.15) is 17.0 Å². The number of fused-ring (bicyclic) bond motifs is 2. The lowest BCUT2D eigenvalue weighted by Crippen LogP contribution is -2.13. The van der Waals surface area contributed by atoms with Crippen LogP contribution in [0.15, 0.2) is 54.7 Å². The van der Waals surface area contributed by atoms with Crippen LogP contribution in [-0.2, 0) is 13.0 Å². The van der Waals surface area contributed by atoms with Gasteiger partial charge in [-0.3, -0.25) is 0 Å². The molecule has 0 aliphatic carbocycles. The third-order valence-electron chi connectivity index (χ3n) is 3.81. The molecule has 2 nitrogen and oxygen atoms in total. The fraction of sp³-hybridized carbons (Fsp3) is 0.118. The molecule has 0 atom stereocenters. The van der Waals surface area contributed by atoms with E-state index in [-0.39, 0.29) is 0 Å². The molecule has 1 aliphatic rings. The number of halogens is 1.